The van der Waals surface area contributed by atoms with Crippen molar-refractivity contribution in [2.45, 2.75) is 44.3 Å². The Kier molecular flexibility index (Phi) is 13.2. The molecule has 166 valence electrons. The van der Waals surface area contributed by atoms with Gasteiger partial charge in [-0.3, -0.25) is 19.4 Å². The summed E-state index contributed by atoms with van der Waals surface area (Å²) in [6.07, 6.45) is 2.92. The lowest BCUT2D eigenvalue weighted by Gasteiger charge is -2.19. The predicted molar refractivity (Wildman–Crippen MR) is 111 cm³/mol. The highest BCUT2D eigenvalue weighted by Gasteiger charge is 2.23. The standard InChI is InChI=1S/C16H31N7O5S/c1-9(13(25)23-11(15(27)28)5-7-29-2)22-12(24)8-21-14(26)10(17)4-3-6-20-16(18)19/h9-11H,3-8,17H2,1-2H3,(H,21,26)(H,22,24)(H,23,25)(H,27,28)(H4,18,19,20). The molecule has 13 heteroatoms. The second-order valence-corrected chi connectivity index (χ2v) is 7.23. The second-order valence-electron chi connectivity index (χ2n) is 6.24. The number of nitrogens with zero attached hydrogens (tertiary/aromatic N) is 1. The number of nitrogens with two attached hydrogens (primary N) is 3. The van der Waals surface area contributed by atoms with Gasteiger partial charge in [0.1, 0.15) is 12.1 Å². The first kappa shape index (κ1) is 26.5. The molecule has 0 spiro atoms. The third-order valence-corrected chi connectivity index (χ3v) is 4.37. The topological polar surface area (TPSA) is 215 Å². The van der Waals surface area contributed by atoms with Crippen molar-refractivity contribution in [1.82, 2.24) is 16.0 Å². The summed E-state index contributed by atoms with van der Waals surface area (Å²) < 4.78 is 0. The van der Waals surface area contributed by atoms with Crippen molar-refractivity contribution < 1.29 is 24.3 Å². The summed E-state index contributed by atoms with van der Waals surface area (Å²) in [5.41, 5.74) is 16.1. The smallest absolute Gasteiger partial charge is 0.326 e. The fourth-order valence-corrected chi connectivity index (χ4v) is 2.57. The van der Waals surface area contributed by atoms with Crippen LogP contribution in [0.1, 0.15) is 26.2 Å². The second kappa shape index (κ2) is 14.5. The van der Waals surface area contributed by atoms with Crippen LogP contribution in [0.4, 0.5) is 0 Å². The van der Waals surface area contributed by atoms with Crippen LogP contribution >= 0.6 is 11.8 Å². The summed E-state index contributed by atoms with van der Waals surface area (Å²) in [6, 6.07) is -2.83. The van der Waals surface area contributed by atoms with Crippen LogP contribution in [0.25, 0.3) is 0 Å². The van der Waals surface area contributed by atoms with E-state index in [0.29, 0.717) is 25.1 Å². The largest absolute Gasteiger partial charge is 0.480 e. The van der Waals surface area contributed by atoms with Gasteiger partial charge in [0.05, 0.1) is 12.6 Å². The number of amides is 3. The highest BCUT2D eigenvalue weighted by atomic mass is 32.2. The maximum Gasteiger partial charge on any atom is 0.326 e. The zero-order valence-corrected chi connectivity index (χ0v) is 17.5. The lowest BCUT2D eigenvalue weighted by molar-refractivity contribution is -0.142. The minimum Gasteiger partial charge on any atom is -0.480 e. The molecule has 12 nitrogen and oxygen atoms in total. The molecule has 0 bridgehead atoms. The van der Waals surface area contributed by atoms with Gasteiger partial charge in [0.25, 0.3) is 0 Å². The quantitative estimate of drug-likeness (QED) is 0.0861. The number of carboxylic acid groups (broad SMARTS) is 1. The van der Waals surface area contributed by atoms with E-state index in [1.807, 2.05) is 6.26 Å². The van der Waals surface area contributed by atoms with E-state index in [-0.39, 0.29) is 18.9 Å². The number of nitrogens with one attached hydrogen (secondary N) is 3. The Labute approximate surface area is 173 Å². The van der Waals surface area contributed by atoms with Gasteiger partial charge >= 0.3 is 5.97 Å². The van der Waals surface area contributed by atoms with E-state index in [0.717, 1.165) is 0 Å². The third-order valence-electron chi connectivity index (χ3n) is 3.72. The van der Waals surface area contributed by atoms with E-state index >= 15 is 0 Å². The normalized spacial score (nSPS) is 13.5. The summed E-state index contributed by atoms with van der Waals surface area (Å²) >= 11 is 1.46. The molecule has 0 saturated carbocycles. The molecule has 0 aliphatic rings. The summed E-state index contributed by atoms with van der Waals surface area (Å²) in [5.74, 6) is -2.39. The van der Waals surface area contributed by atoms with Gasteiger partial charge in [-0.15, -0.1) is 0 Å². The summed E-state index contributed by atoms with van der Waals surface area (Å²) in [6.45, 7) is 1.38. The van der Waals surface area contributed by atoms with Crippen LogP contribution in [0, 0.1) is 0 Å². The Morgan fingerprint density at radius 1 is 1.10 bits per heavy atom. The summed E-state index contributed by atoms with van der Waals surface area (Å²) in [5, 5.41) is 16.3. The lowest BCUT2D eigenvalue weighted by atomic mass is 10.1. The molecular weight excluding hydrogens is 402 g/mol. The van der Waals surface area contributed by atoms with E-state index < -0.39 is 41.8 Å². The number of carboxylic acids is 1. The Bertz CT molecular complexity index is 598. The van der Waals surface area contributed by atoms with Crippen LogP contribution in [0.2, 0.25) is 0 Å². The average molecular weight is 434 g/mol. The SMILES string of the molecule is CSCCC(NC(=O)C(C)NC(=O)CNC(=O)C(N)CCCN=C(N)N)C(=O)O. The van der Waals surface area contributed by atoms with Gasteiger partial charge in [-0.2, -0.15) is 11.8 Å². The predicted octanol–water partition coefficient (Wildman–Crippen LogP) is -2.69. The van der Waals surface area contributed by atoms with E-state index in [4.69, 9.17) is 22.3 Å². The molecule has 3 amide bonds. The molecule has 0 rings (SSSR count). The first-order valence-corrected chi connectivity index (χ1v) is 10.4. The number of aliphatic carboxylic acids is 1. The molecule has 0 aliphatic carbocycles. The minimum atomic E-state index is -1.15. The van der Waals surface area contributed by atoms with Crippen LogP contribution in [-0.2, 0) is 19.2 Å². The number of guanidine groups is 1. The molecule has 10 N–H and O–H groups in total. The molecule has 3 atom stereocenters. The van der Waals surface area contributed by atoms with Crippen LogP contribution < -0.4 is 33.2 Å². The summed E-state index contributed by atoms with van der Waals surface area (Å²) in [7, 11) is 0. The number of aliphatic imine (C=N–C) groups is 1. The van der Waals surface area contributed by atoms with Crippen LogP contribution in [0.3, 0.4) is 0 Å². The number of thioether (sulfide) groups is 1. The van der Waals surface area contributed by atoms with Crippen LogP contribution in [-0.4, -0.2) is 78.0 Å². The maximum absolute atomic E-state index is 12.1. The molecule has 0 fully saturated rings. The van der Waals surface area contributed by atoms with Crippen molar-refractivity contribution in [2.24, 2.45) is 22.2 Å². The fraction of sp³-hybridized carbons (Fsp3) is 0.688. The number of hydrogen-bond donors (Lipinski definition) is 7. The van der Waals surface area contributed by atoms with Gasteiger partial charge in [0.15, 0.2) is 5.96 Å². The molecule has 0 saturated heterocycles. The fourth-order valence-electron chi connectivity index (χ4n) is 2.10. The molecule has 0 aromatic carbocycles. The Balaban J connectivity index is 4.30. The van der Waals surface area contributed by atoms with Gasteiger partial charge in [0, 0.05) is 6.54 Å². The Morgan fingerprint density at radius 3 is 2.31 bits per heavy atom. The first-order chi connectivity index (χ1) is 13.6. The highest BCUT2D eigenvalue weighted by Crippen LogP contribution is 2.01. The zero-order valence-electron chi connectivity index (χ0n) is 16.6. The number of carbonyl (C=O) groups is 4. The van der Waals surface area contributed by atoms with Crippen molar-refractivity contribution in [1.29, 1.82) is 0 Å². The van der Waals surface area contributed by atoms with Crippen molar-refractivity contribution in [3.8, 4) is 0 Å². The van der Waals surface area contributed by atoms with Gasteiger partial charge in [-0.25, -0.2) is 4.79 Å². The van der Waals surface area contributed by atoms with Crippen LogP contribution in [0.15, 0.2) is 4.99 Å². The van der Waals surface area contributed by atoms with Gasteiger partial charge in [0.2, 0.25) is 17.7 Å². The number of hydrogen-bond acceptors (Lipinski definition) is 7. The van der Waals surface area contributed by atoms with Crippen molar-refractivity contribution in [3.05, 3.63) is 0 Å². The number of carbonyl (C=O) groups excluding carboxylic acids is 3. The van der Waals surface area contributed by atoms with E-state index in [1.165, 1.54) is 18.7 Å². The first-order valence-electron chi connectivity index (χ1n) is 8.98. The van der Waals surface area contributed by atoms with E-state index in [1.54, 1.807) is 0 Å². The van der Waals surface area contributed by atoms with Crippen LogP contribution in [0.5, 0.6) is 0 Å². The monoisotopic (exact) mass is 433 g/mol. The van der Waals surface area contributed by atoms with Crippen molar-refractivity contribution in [2.75, 3.05) is 25.1 Å². The van der Waals surface area contributed by atoms with Gasteiger partial charge < -0.3 is 38.3 Å². The minimum absolute atomic E-state index is 0.0446. The molecular formula is C16H31N7O5S. The molecule has 0 aromatic heterocycles. The summed E-state index contributed by atoms with van der Waals surface area (Å²) in [4.78, 5) is 50.8. The third kappa shape index (κ3) is 12.5. The van der Waals surface area contributed by atoms with Crippen molar-refractivity contribution >= 4 is 41.4 Å². The van der Waals surface area contributed by atoms with Gasteiger partial charge in [-0.05, 0) is 38.2 Å². The Hall–Kier alpha value is -2.54. The molecule has 29 heavy (non-hydrogen) atoms. The molecule has 0 aliphatic heterocycles. The zero-order chi connectivity index (χ0) is 22.4. The average Bonchev–Trinajstić information content (AvgIpc) is 2.65. The molecule has 0 aromatic rings. The van der Waals surface area contributed by atoms with Crippen molar-refractivity contribution in [3.63, 3.8) is 0 Å². The Morgan fingerprint density at radius 2 is 1.76 bits per heavy atom. The van der Waals surface area contributed by atoms with E-state index in [9.17, 15) is 19.2 Å². The molecule has 0 heterocycles. The molecule has 0 radical (unpaired) electrons. The van der Waals surface area contributed by atoms with Gasteiger partial charge in [-0.1, -0.05) is 0 Å². The van der Waals surface area contributed by atoms with E-state index in [2.05, 4.69) is 20.9 Å². The lowest BCUT2D eigenvalue weighted by Crippen LogP contribution is -2.52. The maximum atomic E-state index is 12.1. The number of rotatable bonds is 14. The molecule has 3 unspecified atom stereocenters. The highest BCUT2D eigenvalue weighted by molar-refractivity contribution is 7.98.